The van der Waals surface area contributed by atoms with Gasteiger partial charge in [-0.2, -0.15) is 0 Å². The highest BCUT2D eigenvalue weighted by Gasteiger charge is 2.48. The van der Waals surface area contributed by atoms with Gasteiger partial charge in [0.2, 0.25) is 5.91 Å². The smallest absolute Gasteiger partial charge is 0.321 e. The Kier molecular flexibility index (Phi) is 4.39. The Morgan fingerprint density at radius 1 is 1.29 bits per heavy atom. The van der Waals surface area contributed by atoms with E-state index in [0.29, 0.717) is 13.1 Å². The molecule has 130 valence electrons. The van der Waals surface area contributed by atoms with Crippen LogP contribution >= 0.6 is 0 Å². The van der Waals surface area contributed by atoms with Gasteiger partial charge in [-0.15, -0.1) is 0 Å². The van der Waals surface area contributed by atoms with Crippen molar-refractivity contribution in [3.8, 4) is 5.75 Å². The summed E-state index contributed by atoms with van der Waals surface area (Å²) < 4.78 is 5.19. The van der Waals surface area contributed by atoms with Crippen LogP contribution in [0.2, 0.25) is 0 Å². The number of anilines is 1. The first-order chi connectivity index (χ1) is 11.4. The fraction of sp³-hybridized carbons (Fsp3) is 0.556. The second-order valence-corrected chi connectivity index (χ2v) is 6.89. The first-order valence-corrected chi connectivity index (χ1v) is 8.41. The first kappa shape index (κ1) is 16.6. The van der Waals surface area contributed by atoms with Gasteiger partial charge in [0.25, 0.3) is 0 Å². The van der Waals surface area contributed by atoms with Crippen molar-refractivity contribution in [1.82, 2.24) is 9.80 Å². The Balaban J connectivity index is 1.68. The van der Waals surface area contributed by atoms with E-state index < -0.39 is 0 Å². The van der Waals surface area contributed by atoms with E-state index in [0.717, 1.165) is 42.8 Å². The number of urea groups is 1. The van der Waals surface area contributed by atoms with Crippen molar-refractivity contribution in [2.75, 3.05) is 39.1 Å². The Morgan fingerprint density at radius 3 is 2.79 bits per heavy atom. The quantitative estimate of drug-likeness (QED) is 0.905. The van der Waals surface area contributed by atoms with Crippen LogP contribution in [-0.4, -0.2) is 55.5 Å². The number of hydrogen-bond donors (Lipinski definition) is 1. The average molecular weight is 331 g/mol. The second-order valence-electron chi connectivity index (χ2n) is 6.89. The van der Waals surface area contributed by atoms with Gasteiger partial charge >= 0.3 is 6.03 Å². The summed E-state index contributed by atoms with van der Waals surface area (Å²) in [4.78, 5) is 28.7. The lowest BCUT2D eigenvalue weighted by molar-refractivity contribution is -0.143. The molecule has 1 aromatic carbocycles. The first-order valence-electron chi connectivity index (χ1n) is 8.41. The zero-order valence-corrected chi connectivity index (χ0v) is 14.6. The van der Waals surface area contributed by atoms with E-state index >= 15 is 0 Å². The number of amides is 3. The minimum absolute atomic E-state index is 0.138. The van der Waals surface area contributed by atoms with Crippen molar-refractivity contribution in [3.05, 3.63) is 23.8 Å². The van der Waals surface area contributed by atoms with Crippen LogP contribution in [0.25, 0.3) is 0 Å². The maximum absolute atomic E-state index is 12.6. The van der Waals surface area contributed by atoms with Gasteiger partial charge in [0.15, 0.2) is 0 Å². The monoisotopic (exact) mass is 331 g/mol. The SMILES string of the molecule is COc1ccc(NC(=O)N2CC[C@@]3(CCCN(C)C3=O)C2)c(C)c1. The van der Waals surface area contributed by atoms with E-state index in [1.54, 1.807) is 16.9 Å². The van der Waals surface area contributed by atoms with Gasteiger partial charge < -0.3 is 19.9 Å². The normalized spacial score (nSPS) is 23.7. The Labute approximate surface area is 142 Å². The number of piperidine rings is 1. The third-order valence-corrected chi connectivity index (χ3v) is 5.27. The van der Waals surface area contributed by atoms with E-state index in [-0.39, 0.29) is 17.4 Å². The predicted octanol–water partition coefficient (Wildman–Crippen LogP) is 2.48. The summed E-state index contributed by atoms with van der Waals surface area (Å²) in [6, 6.07) is 5.42. The summed E-state index contributed by atoms with van der Waals surface area (Å²) >= 11 is 0. The molecule has 2 aliphatic rings. The molecule has 24 heavy (non-hydrogen) atoms. The molecule has 2 aliphatic heterocycles. The number of benzene rings is 1. The maximum atomic E-state index is 12.6. The summed E-state index contributed by atoms with van der Waals surface area (Å²) in [6.45, 7) is 3.89. The minimum atomic E-state index is -0.376. The molecule has 2 saturated heterocycles. The average Bonchev–Trinajstić information content (AvgIpc) is 3.00. The fourth-order valence-corrected chi connectivity index (χ4v) is 3.79. The summed E-state index contributed by atoms with van der Waals surface area (Å²) in [5.74, 6) is 0.950. The highest BCUT2D eigenvalue weighted by Crippen LogP contribution is 2.39. The van der Waals surface area contributed by atoms with Gasteiger partial charge in [-0.3, -0.25) is 4.79 Å². The van der Waals surface area contributed by atoms with Crippen molar-refractivity contribution >= 4 is 17.6 Å². The number of rotatable bonds is 2. The zero-order chi connectivity index (χ0) is 17.3. The molecule has 2 heterocycles. The molecular weight excluding hydrogens is 306 g/mol. The van der Waals surface area contributed by atoms with Crippen molar-refractivity contribution < 1.29 is 14.3 Å². The molecule has 1 atom stereocenters. The van der Waals surface area contributed by atoms with Gasteiger partial charge in [0.1, 0.15) is 5.75 Å². The van der Waals surface area contributed by atoms with Crippen LogP contribution in [0.4, 0.5) is 10.5 Å². The van der Waals surface area contributed by atoms with Crippen molar-refractivity contribution in [1.29, 1.82) is 0 Å². The molecule has 0 bridgehead atoms. The van der Waals surface area contributed by atoms with Gasteiger partial charge in [0.05, 0.1) is 12.5 Å². The van der Waals surface area contributed by atoms with E-state index in [1.807, 2.05) is 32.2 Å². The number of carbonyl (C=O) groups excluding carboxylic acids is 2. The van der Waals surface area contributed by atoms with Gasteiger partial charge in [0, 0.05) is 32.4 Å². The molecule has 0 unspecified atom stereocenters. The minimum Gasteiger partial charge on any atom is -0.497 e. The number of aryl methyl sites for hydroxylation is 1. The lowest BCUT2D eigenvalue weighted by atomic mass is 9.78. The molecule has 1 N–H and O–H groups in total. The van der Waals surface area contributed by atoms with Gasteiger partial charge in [-0.25, -0.2) is 4.79 Å². The number of nitrogens with zero attached hydrogens (tertiary/aromatic N) is 2. The largest absolute Gasteiger partial charge is 0.497 e. The number of nitrogens with one attached hydrogen (secondary N) is 1. The summed E-state index contributed by atoms with van der Waals surface area (Å²) in [5, 5.41) is 2.96. The Bertz CT molecular complexity index is 661. The van der Waals surface area contributed by atoms with Crippen LogP contribution in [0, 0.1) is 12.3 Å². The van der Waals surface area contributed by atoms with E-state index in [4.69, 9.17) is 4.74 Å². The number of carbonyl (C=O) groups is 2. The molecule has 3 rings (SSSR count). The second kappa shape index (κ2) is 6.34. The topological polar surface area (TPSA) is 61.9 Å². The standard InChI is InChI=1S/C18H25N3O3/c1-13-11-14(24-3)5-6-15(13)19-17(23)21-10-8-18(12-21)7-4-9-20(2)16(18)22/h5-6,11H,4,7-10,12H2,1-3H3,(H,19,23)/t18-/m0/s1. The van der Waals surface area contributed by atoms with Crippen molar-refractivity contribution in [2.45, 2.75) is 26.2 Å². The van der Waals surface area contributed by atoms with E-state index in [9.17, 15) is 9.59 Å². The predicted molar refractivity (Wildman–Crippen MR) is 92.2 cm³/mol. The Hall–Kier alpha value is -2.24. The van der Waals surface area contributed by atoms with Crippen LogP contribution in [0.5, 0.6) is 5.75 Å². The molecule has 1 aromatic rings. The third kappa shape index (κ3) is 2.92. The highest BCUT2D eigenvalue weighted by molar-refractivity contribution is 5.92. The number of hydrogen-bond acceptors (Lipinski definition) is 3. The molecule has 2 fully saturated rings. The van der Waals surface area contributed by atoms with Crippen molar-refractivity contribution in [3.63, 3.8) is 0 Å². The molecule has 0 aromatic heterocycles. The number of likely N-dealkylation sites (tertiary alicyclic amines) is 2. The molecule has 1 spiro atoms. The van der Waals surface area contributed by atoms with Crippen LogP contribution in [-0.2, 0) is 4.79 Å². The Morgan fingerprint density at radius 2 is 2.08 bits per heavy atom. The maximum Gasteiger partial charge on any atom is 0.321 e. The summed E-state index contributed by atoms with van der Waals surface area (Å²) in [5.41, 5.74) is 1.35. The lowest BCUT2D eigenvalue weighted by Crippen LogP contribution is -2.49. The zero-order valence-electron chi connectivity index (χ0n) is 14.6. The van der Waals surface area contributed by atoms with E-state index in [1.165, 1.54) is 0 Å². The van der Waals surface area contributed by atoms with Gasteiger partial charge in [-0.1, -0.05) is 0 Å². The molecule has 6 heteroatoms. The van der Waals surface area contributed by atoms with Crippen LogP contribution in [0.1, 0.15) is 24.8 Å². The third-order valence-electron chi connectivity index (χ3n) is 5.27. The highest BCUT2D eigenvalue weighted by atomic mass is 16.5. The number of ether oxygens (including phenoxy) is 1. The molecule has 0 saturated carbocycles. The summed E-state index contributed by atoms with van der Waals surface area (Å²) in [7, 11) is 3.47. The molecule has 0 aliphatic carbocycles. The van der Waals surface area contributed by atoms with Crippen LogP contribution < -0.4 is 10.1 Å². The fourth-order valence-electron chi connectivity index (χ4n) is 3.79. The molecule has 6 nitrogen and oxygen atoms in total. The van der Waals surface area contributed by atoms with E-state index in [2.05, 4.69) is 5.32 Å². The van der Waals surface area contributed by atoms with Crippen LogP contribution in [0.15, 0.2) is 18.2 Å². The summed E-state index contributed by atoms with van der Waals surface area (Å²) in [6.07, 6.45) is 2.64. The number of methoxy groups -OCH3 is 1. The van der Waals surface area contributed by atoms with Crippen molar-refractivity contribution in [2.24, 2.45) is 5.41 Å². The molecule has 3 amide bonds. The van der Waals surface area contributed by atoms with Gasteiger partial charge in [-0.05, 0) is 49.9 Å². The van der Waals surface area contributed by atoms with Crippen LogP contribution in [0.3, 0.4) is 0 Å². The molecule has 0 radical (unpaired) electrons. The molecular formula is C18H25N3O3. The lowest BCUT2D eigenvalue weighted by Gasteiger charge is -2.37.